The molecule has 1 aromatic heterocycles. The lowest BCUT2D eigenvalue weighted by molar-refractivity contribution is 0.0597. The molecular formula is C21H20O5. The van der Waals surface area contributed by atoms with Gasteiger partial charge >= 0.3 is 5.97 Å². The molecule has 0 atom stereocenters. The van der Waals surface area contributed by atoms with Gasteiger partial charge in [-0.25, -0.2) is 4.79 Å². The predicted octanol–water partition coefficient (Wildman–Crippen LogP) is 4.46. The molecule has 3 aromatic rings. The summed E-state index contributed by atoms with van der Waals surface area (Å²) in [6.07, 6.45) is 0. The Kier molecular flexibility index (Phi) is 5.71. The molecule has 0 bridgehead atoms. The van der Waals surface area contributed by atoms with Gasteiger partial charge in [0.1, 0.15) is 29.4 Å². The number of carbonyl (C=O) groups is 1. The van der Waals surface area contributed by atoms with Crippen LogP contribution in [0.4, 0.5) is 0 Å². The van der Waals surface area contributed by atoms with Crippen LogP contribution < -0.4 is 4.74 Å². The summed E-state index contributed by atoms with van der Waals surface area (Å²) in [6, 6.07) is 18.9. The van der Waals surface area contributed by atoms with E-state index in [9.17, 15) is 4.79 Å². The topological polar surface area (TPSA) is 57.9 Å². The first-order valence-electron chi connectivity index (χ1n) is 8.18. The van der Waals surface area contributed by atoms with Crippen LogP contribution in [0, 0.1) is 0 Å². The number of benzene rings is 2. The van der Waals surface area contributed by atoms with Gasteiger partial charge in [0.25, 0.3) is 0 Å². The highest BCUT2D eigenvalue weighted by Crippen LogP contribution is 2.28. The third-order valence-electron chi connectivity index (χ3n) is 3.91. The fourth-order valence-electron chi connectivity index (χ4n) is 2.59. The van der Waals surface area contributed by atoms with Crippen molar-refractivity contribution in [2.75, 3.05) is 14.2 Å². The first kappa shape index (κ1) is 17.8. The lowest BCUT2D eigenvalue weighted by Crippen LogP contribution is -2.04. The summed E-state index contributed by atoms with van der Waals surface area (Å²) in [5.41, 5.74) is 2.23. The molecule has 3 rings (SSSR count). The highest BCUT2D eigenvalue weighted by atomic mass is 16.5. The van der Waals surface area contributed by atoms with E-state index in [1.807, 2.05) is 48.5 Å². The van der Waals surface area contributed by atoms with Crippen LogP contribution >= 0.6 is 0 Å². The van der Waals surface area contributed by atoms with Crippen molar-refractivity contribution >= 4 is 5.97 Å². The molecule has 1 heterocycles. The highest BCUT2D eigenvalue weighted by molar-refractivity contribution is 5.93. The van der Waals surface area contributed by atoms with Crippen LogP contribution in [0.5, 0.6) is 5.75 Å². The van der Waals surface area contributed by atoms with E-state index in [4.69, 9.17) is 18.6 Å². The molecule has 0 unspecified atom stereocenters. The van der Waals surface area contributed by atoms with Gasteiger partial charge in [-0.3, -0.25) is 0 Å². The molecular weight excluding hydrogens is 332 g/mol. The van der Waals surface area contributed by atoms with E-state index in [2.05, 4.69) is 0 Å². The number of hydrogen-bond acceptors (Lipinski definition) is 5. The van der Waals surface area contributed by atoms with Gasteiger partial charge in [0.05, 0.1) is 20.8 Å². The normalized spacial score (nSPS) is 10.5. The first-order chi connectivity index (χ1) is 12.7. The minimum atomic E-state index is -0.457. The van der Waals surface area contributed by atoms with Crippen LogP contribution in [0.15, 0.2) is 65.1 Å². The summed E-state index contributed by atoms with van der Waals surface area (Å²) >= 11 is 0. The van der Waals surface area contributed by atoms with E-state index < -0.39 is 5.97 Å². The number of carbonyl (C=O) groups excluding carboxylic acids is 1. The number of furan rings is 1. The van der Waals surface area contributed by atoms with Crippen LogP contribution in [0.1, 0.15) is 21.7 Å². The van der Waals surface area contributed by atoms with Gasteiger partial charge in [-0.15, -0.1) is 0 Å². The van der Waals surface area contributed by atoms with Crippen molar-refractivity contribution in [1.82, 2.24) is 0 Å². The second-order valence-corrected chi connectivity index (χ2v) is 5.65. The predicted molar refractivity (Wildman–Crippen MR) is 97.0 cm³/mol. The third-order valence-corrected chi connectivity index (χ3v) is 3.91. The smallest absolute Gasteiger partial charge is 0.341 e. The van der Waals surface area contributed by atoms with Crippen LogP contribution in [0.3, 0.4) is 0 Å². The standard InChI is InChI=1S/C21H20O5/c1-23-20-10-8-16(12-18(20)21(22)24-2)19-11-9-17(26-19)14-25-13-15-6-4-3-5-7-15/h3-12H,13-14H2,1-2H3. The molecule has 5 heteroatoms. The number of hydrogen-bond donors (Lipinski definition) is 0. The van der Waals surface area contributed by atoms with Crippen LogP contribution in [0.2, 0.25) is 0 Å². The minimum absolute atomic E-state index is 0.353. The molecule has 0 saturated carbocycles. The van der Waals surface area contributed by atoms with Gasteiger partial charge in [0, 0.05) is 5.56 Å². The van der Waals surface area contributed by atoms with Crippen molar-refractivity contribution in [3.8, 4) is 17.1 Å². The van der Waals surface area contributed by atoms with E-state index in [1.165, 1.54) is 14.2 Å². The maximum absolute atomic E-state index is 11.9. The quantitative estimate of drug-likeness (QED) is 0.588. The summed E-state index contributed by atoms with van der Waals surface area (Å²) in [4.78, 5) is 11.9. The molecule has 0 fully saturated rings. The molecule has 0 aliphatic rings. The SMILES string of the molecule is COC(=O)c1cc(-c2ccc(COCc3ccccc3)o2)ccc1OC. The van der Waals surface area contributed by atoms with Crippen LogP contribution in [-0.4, -0.2) is 20.2 Å². The summed E-state index contributed by atoms with van der Waals surface area (Å²) in [5.74, 6) is 1.36. The zero-order valence-electron chi connectivity index (χ0n) is 14.7. The molecule has 0 aliphatic carbocycles. The van der Waals surface area contributed by atoms with Gasteiger partial charge in [-0.1, -0.05) is 30.3 Å². The van der Waals surface area contributed by atoms with Crippen LogP contribution in [-0.2, 0) is 22.7 Å². The molecule has 2 aromatic carbocycles. The maximum Gasteiger partial charge on any atom is 0.341 e. The average molecular weight is 352 g/mol. The zero-order valence-corrected chi connectivity index (χ0v) is 14.7. The number of rotatable bonds is 7. The van der Waals surface area contributed by atoms with Gasteiger partial charge in [-0.2, -0.15) is 0 Å². The van der Waals surface area contributed by atoms with Gasteiger partial charge in [0.2, 0.25) is 0 Å². The molecule has 0 aliphatic heterocycles. The fraction of sp³-hybridized carbons (Fsp3) is 0.190. The summed E-state index contributed by atoms with van der Waals surface area (Å²) < 4.78 is 21.5. The summed E-state index contributed by atoms with van der Waals surface area (Å²) in [6.45, 7) is 0.890. The van der Waals surface area contributed by atoms with E-state index >= 15 is 0 Å². The van der Waals surface area contributed by atoms with E-state index in [0.29, 0.717) is 36.0 Å². The van der Waals surface area contributed by atoms with Crippen molar-refractivity contribution < 1.29 is 23.4 Å². The van der Waals surface area contributed by atoms with Crippen molar-refractivity contribution in [2.45, 2.75) is 13.2 Å². The molecule has 5 nitrogen and oxygen atoms in total. The molecule has 0 radical (unpaired) electrons. The number of methoxy groups -OCH3 is 2. The zero-order chi connectivity index (χ0) is 18.4. The van der Waals surface area contributed by atoms with Crippen molar-refractivity contribution in [3.63, 3.8) is 0 Å². The van der Waals surface area contributed by atoms with Gasteiger partial charge in [0.15, 0.2) is 0 Å². The molecule has 0 spiro atoms. The molecule has 0 N–H and O–H groups in total. The Morgan fingerprint density at radius 2 is 1.77 bits per heavy atom. The average Bonchev–Trinajstić information content (AvgIpc) is 3.16. The summed E-state index contributed by atoms with van der Waals surface area (Å²) in [5, 5.41) is 0. The van der Waals surface area contributed by atoms with Crippen molar-refractivity contribution in [2.24, 2.45) is 0 Å². The first-order valence-corrected chi connectivity index (χ1v) is 8.18. The Balaban J connectivity index is 1.70. The van der Waals surface area contributed by atoms with E-state index in [0.717, 1.165) is 11.1 Å². The minimum Gasteiger partial charge on any atom is -0.496 e. The Labute approximate surface area is 152 Å². The van der Waals surface area contributed by atoms with Crippen LogP contribution in [0.25, 0.3) is 11.3 Å². The van der Waals surface area contributed by atoms with Crippen molar-refractivity contribution in [1.29, 1.82) is 0 Å². The second-order valence-electron chi connectivity index (χ2n) is 5.65. The summed E-state index contributed by atoms with van der Waals surface area (Å²) in [7, 11) is 2.85. The second kappa shape index (κ2) is 8.36. The lowest BCUT2D eigenvalue weighted by Gasteiger charge is -2.08. The molecule has 0 amide bonds. The Bertz CT molecular complexity index is 867. The molecule has 0 saturated heterocycles. The Hall–Kier alpha value is -3.05. The van der Waals surface area contributed by atoms with Gasteiger partial charge in [-0.05, 0) is 35.9 Å². The van der Waals surface area contributed by atoms with Crippen molar-refractivity contribution in [3.05, 3.63) is 77.6 Å². The Morgan fingerprint density at radius 3 is 2.50 bits per heavy atom. The van der Waals surface area contributed by atoms with E-state index in [1.54, 1.807) is 12.1 Å². The largest absolute Gasteiger partial charge is 0.496 e. The monoisotopic (exact) mass is 352 g/mol. The maximum atomic E-state index is 11.9. The third kappa shape index (κ3) is 4.13. The fourth-order valence-corrected chi connectivity index (χ4v) is 2.59. The van der Waals surface area contributed by atoms with E-state index in [-0.39, 0.29) is 0 Å². The number of ether oxygens (including phenoxy) is 3. The molecule has 134 valence electrons. The highest BCUT2D eigenvalue weighted by Gasteiger charge is 2.15. The van der Waals surface area contributed by atoms with Gasteiger partial charge < -0.3 is 18.6 Å². The Morgan fingerprint density at radius 1 is 0.962 bits per heavy atom. The lowest BCUT2D eigenvalue weighted by atomic mass is 10.1. The number of esters is 1. The molecule has 26 heavy (non-hydrogen) atoms.